The summed E-state index contributed by atoms with van der Waals surface area (Å²) in [5.41, 5.74) is 1.62. The van der Waals surface area contributed by atoms with Crippen LogP contribution in [0.3, 0.4) is 0 Å². The maximum Gasteiger partial charge on any atom is 0.245 e. The number of methoxy groups -OCH3 is 1. The molecule has 3 aromatic rings. The molecule has 2 aliphatic rings. The zero-order valence-corrected chi connectivity index (χ0v) is 19.5. The van der Waals surface area contributed by atoms with Crippen molar-refractivity contribution < 1.29 is 14.2 Å². The molecule has 34 heavy (non-hydrogen) atoms. The van der Waals surface area contributed by atoms with E-state index in [1.165, 1.54) is 0 Å². The summed E-state index contributed by atoms with van der Waals surface area (Å²) >= 11 is 0. The lowest BCUT2D eigenvalue weighted by Gasteiger charge is -2.47. The van der Waals surface area contributed by atoms with E-state index in [1.807, 2.05) is 31.2 Å². The topological polar surface area (TPSA) is 96.3 Å². The van der Waals surface area contributed by atoms with Crippen molar-refractivity contribution in [1.29, 1.82) is 0 Å². The summed E-state index contributed by atoms with van der Waals surface area (Å²) in [6.07, 6.45) is 6.62. The second kappa shape index (κ2) is 8.02. The first kappa shape index (κ1) is 22.2. The number of alkyl halides is 1. The van der Waals surface area contributed by atoms with Crippen molar-refractivity contribution in [2.75, 3.05) is 19.1 Å². The third-order valence-electron chi connectivity index (χ3n) is 6.81. The van der Waals surface area contributed by atoms with E-state index >= 15 is 4.39 Å². The molecule has 176 valence electrons. The largest absolute Gasteiger partial charge is 0.507 e. The molecule has 0 radical (unpaired) electrons. The molecule has 0 saturated carbocycles. The van der Waals surface area contributed by atoms with Gasteiger partial charge in [0.15, 0.2) is 0 Å². The van der Waals surface area contributed by atoms with Gasteiger partial charge in [-0.25, -0.2) is 14.4 Å². The Morgan fingerprint density at radius 3 is 2.62 bits per heavy atom. The van der Waals surface area contributed by atoms with Crippen LogP contribution in [0.4, 0.5) is 10.3 Å². The number of halogens is 1. The summed E-state index contributed by atoms with van der Waals surface area (Å²) in [5, 5.41) is 22.6. The zero-order chi connectivity index (χ0) is 24.1. The SMILES string of the molecule is COc1cc(-c2ccc(-c3cnc(N(C)[C@@H]4C[C@@]5(C)C=C[C@](C)(N5)[C@@H]4F)nn3)c(O)c2)ccn1. The predicted molar refractivity (Wildman–Crippen MR) is 128 cm³/mol. The number of pyridine rings is 1. The minimum Gasteiger partial charge on any atom is -0.507 e. The standard InChI is InChI=1S/C25H27FN6O2/c1-24-8-9-25(2,31-24)22(26)19(13-24)32(3)23-28-14-18(29-30-23)17-6-5-15(11-20(17)33)16-7-10-27-21(12-16)34-4/h5-12,14,19,22,31,33H,13H2,1-4H3/t19-,22-,24-,25+/m1/s1. The van der Waals surface area contributed by atoms with Gasteiger partial charge < -0.3 is 14.7 Å². The average molecular weight is 463 g/mol. The number of aromatic hydroxyl groups is 1. The van der Waals surface area contributed by atoms with Crippen LogP contribution in [0.1, 0.15) is 20.3 Å². The summed E-state index contributed by atoms with van der Waals surface area (Å²) in [4.78, 5) is 10.3. The highest BCUT2D eigenvalue weighted by atomic mass is 19.1. The Kier molecular flexibility index (Phi) is 5.24. The van der Waals surface area contributed by atoms with Crippen molar-refractivity contribution in [3.05, 3.63) is 54.9 Å². The molecule has 2 aliphatic heterocycles. The fourth-order valence-electron chi connectivity index (χ4n) is 4.94. The van der Waals surface area contributed by atoms with Gasteiger partial charge in [-0.15, -0.1) is 10.2 Å². The van der Waals surface area contributed by atoms with E-state index in [-0.39, 0.29) is 11.3 Å². The van der Waals surface area contributed by atoms with Gasteiger partial charge in [0, 0.05) is 30.4 Å². The lowest BCUT2D eigenvalue weighted by molar-refractivity contribution is 0.0999. The van der Waals surface area contributed by atoms with Gasteiger partial charge in [0.25, 0.3) is 0 Å². The van der Waals surface area contributed by atoms with Crippen LogP contribution in [0.2, 0.25) is 0 Å². The number of anilines is 1. The number of rotatable bonds is 5. The number of fused-ring (bicyclic) bond motifs is 2. The number of nitrogens with zero attached hydrogens (tertiary/aromatic N) is 5. The molecular formula is C25H27FN6O2. The Balaban J connectivity index is 1.37. The van der Waals surface area contributed by atoms with Gasteiger partial charge in [-0.2, -0.15) is 0 Å². The van der Waals surface area contributed by atoms with Crippen molar-refractivity contribution in [2.24, 2.45) is 0 Å². The molecular weight excluding hydrogens is 435 g/mol. The van der Waals surface area contributed by atoms with Crippen LogP contribution in [-0.4, -0.2) is 62.7 Å². The van der Waals surface area contributed by atoms with Crippen molar-refractivity contribution >= 4 is 5.95 Å². The molecule has 8 nitrogen and oxygen atoms in total. The quantitative estimate of drug-likeness (QED) is 0.556. The van der Waals surface area contributed by atoms with Crippen molar-refractivity contribution in [3.63, 3.8) is 0 Å². The number of phenolic OH excluding ortho intramolecular Hbond substituents is 1. The molecule has 0 unspecified atom stereocenters. The minimum absolute atomic E-state index is 0.0520. The van der Waals surface area contributed by atoms with Crippen LogP contribution in [-0.2, 0) is 0 Å². The summed E-state index contributed by atoms with van der Waals surface area (Å²) in [6.45, 7) is 3.94. The molecule has 1 aromatic carbocycles. The molecule has 0 aliphatic carbocycles. The smallest absolute Gasteiger partial charge is 0.245 e. The number of aromatic nitrogens is 4. The monoisotopic (exact) mass is 462 g/mol. The molecule has 9 heteroatoms. The summed E-state index contributed by atoms with van der Waals surface area (Å²) in [5.74, 6) is 0.882. The number of phenols is 1. The van der Waals surface area contributed by atoms with Crippen LogP contribution >= 0.6 is 0 Å². The third kappa shape index (κ3) is 3.75. The van der Waals surface area contributed by atoms with Gasteiger partial charge in [0.05, 0.1) is 24.9 Å². The van der Waals surface area contributed by atoms with Gasteiger partial charge in [-0.05, 0) is 49.6 Å². The lowest BCUT2D eigenvalue weighted by atomic mass is 9.81. The Hall–Kier alpha value is -3.59. The van der Waals surface area contributed by atoms with E-state index in [9.17, 15) is 5.11 Å². The van der Waals surface area contributed by atoms with Crippen molar-refractivity contribution in [2.45, 2.75) is 43.6 Å². The Bertz CT molecular complexity index is 1250. The molecule has 0 amide bonds. The van der Waals surface area contributed by atoms with Gasteiger partial charge in [0.2, 0.25) is 11.8 Å². The first-order valence-corrected chi connectivity index (χ1v) is 11.1. The van der Waals surface area contributed by atoms with Gasteiger partial charge in [-0.3, -0.25) is 5.32 Å². The Morgan fingerprint density at radius 1 is 1.12 bits per heavy atom. The molecule has 4 atom stereocenters. The fourth-order valence-corrected chi connectivity index (χ4v) is 4.94. The fraction of sp³-hybridized carbons (Fsp3) is 0.360. The van der Waals surface area contributed by atoms with E-state index in [0.717, 1.165) is 11.1 Å². The molecule has 2 aromatic heterocycles. The zero-order valence-electron chi connectivity index (χ0n) is 19.5. The minimum atomic E-state index is -1.13. The molecule has 1 fully saturated rings. The van der Waals surface area contributed by atoms with Gasteiger partial charge in [0.1, 0.15) is 17.6 Å². The second-order valence-corrected chi connectivity index (χ2v) is 9.40. The molecule has 2 N–H and O–H groups in total. The highest BCUT2D eigenvalue weighted by Crippen LogP contribution is 2.41. The van der Waals surface area contributed by atoms with Crippen LogP contribution < -0.4 is 15.0 Å². The van der Waals surface area contributed by atoms with Crippen molar-refractivity contribution in [3.8, 4) is 34.0 Å². The highest BCUT2D eigenvalue weighted by molar-refractivity contribution is 5.74. The molecule has 4 heterocycles. The van der Waals surface area contributed by atoms with E-state index in [2.05, 4.69) is 32.4 Å². The third-order valence-corrected chi connectivity index (χ3v) is 6.81. The number of piperidine rings is 1. The maximum atomic E-state index is 15.4. The molecule has 0 spiro atoms. The first-order valence-electron chi connectivity index (χ1n) is 11.1. The predicted octanol–water partition coefficient (Wildman–Crippen LogP) is 3.54. The number of benzene rings is 1. The number of nitrogens with one attached hydrogen (secondary N) is 1. The summed E-state index contributed by atoms with van der Waals surface area (Å²) in [7, 11) is 3.35. The van der Waals surface area contributed by atoms with Gasteiger partial charge in [-0.1, -0.05) is 18.2 Å². The van der Waals surface area contributed by atoms with Gasteiger partial charge >= 0.3 is 0 Å². The summed E-state index contributed by atoms with van der Waals surface area (Å²) < 4.78 is 20.5. The number of hydrogen-bond donors (Lipinski definition) is 2. The summed E-state index contributed by atoms with van der Waals surface area (Å²) in [6, 6.07) is 8.52. The molecule has 2 bridgehead atoms. The number of hydrogen-bond acceptors (Lipinski definition) is 8. The Labute approximate surface area is 197 Å². The van der Waals surface area contributed by atoms with Crippen LogP contribution in [0, 0.1) is 0 Å². The normalized spacial score (nSPS) is 27.6. The van der Waals surface area contributed by atoms with E-state index in [0.29, 0.717) is 29.5 Å². The first-order chi connectivity index (χ1) is 16.2. The van der Waals surface area contributed by atoms with E-state index < -0.39 is 17.8 Å². The second-order valence-electron chi connectivity index (χ2n) is 9.40. The lowest BCUT2D eigenvalue weighted by Crippen LogP contribution is -2.66. The average Bonchev–Trinajstić information content (AvgIpc) is 3.12. The van der Waals surface area contributed by atoms with Crippen molar-refractivity contribution in [1.82, 2.24) is 25.5 Å². The highest BCUT2D eigenvalue weighted by Gasteiger charge is 2.53. The van der Waals surface area contributed by atoms with E-state index in [4.69, 9.17) is 4.74 Å². The van der Waals surface area contributed by atoms with Crippen LogP contribution in [0.25, 0.3) is 22.4 Å². The van der Waals surface area contributed by atoms with E-state index in [1.54, 1.807) is 49.7 Å². The molecule has 1 saturated heterocycles. The Morgan fingerprint density at radius 2 is 1.91 bits per heavy atom. The van der Waals surface area contributed by atoms with Crippen LogP contribution in [0.15, 0.2) is 54.9 Å². The maximum absolute atomic E-state index is 15.4. The number of ether oxygens (including phenoxy) is 1. The van der Waals surface area contributed by atoms with Crippen LogP contribution in [0.5, 0.6) is 11.6 Å². The molecule has 5 rings (SSSR count).